The van der Waals surface area contributed by atoms with Crippen molar-refractivity contribution in [2.24, 2.45) is 17.8 Å². The first-order valence-corrected chi connectivity index (χ1v) is 8.90. The van der Waals surface area contributed by atoms with Crippen molar-refractivity contribution in [1.82, 2.24) is 15.5 Å². The molecule has 2 fully saturated rings. The first-order valence-electron chi connectivity index (χ1n) is 8.90. The van der Waals surface area contributed by atoms with Gasteiger partial charge in [-0.05, 0) is 31.1 Å². The average Bonchev–Trinajstić information content (AvgIpc) is 2.59. The third-order valence-electron chi connectivity index (χ3n) is 5.43. The summed E-state index contributed by atoms with van der Waals surface area (Å²) in [4.78, 5) is 25.9. The largest absolute Gasteiger partial charge is 0.359 e. The van der Waals surface area contributed by atoms with E-state index in [1.165, 1.54) is 32.1 Å². The molecule has 22 heavy (non-hydrogen) atoms. The number of likely N-dealkylation sites (tertiary alicyclic amines) is 1. The molecule has 0 spiro atoms. The Kier molecular flexibility index (Phi) is 6.52. The summed E-state index contributed by atoms with van der Waals surface area (Å²) >= 11 is 0. The standard InChI is InChI=1S/C17H31N3O2/c1-3-13-7-4-5-8-14(13)11-19-17(22)20-10-6-9-15(12-20)16(21)18-2/h13-15H,3-12H2,1-2H3,(H,18,21)(H,19,22). The van der Waals surface area contributed by atoms with Crippen molar-refractivity contribution in [1.29, 1.82) is 0 Å². The summed E-state index contributed by atoms with van der Waals surface area (Å²) < 4.78 is 0. The maximum atomic E-state index is 12.4. The van der Waals surface area contributed by atoms with Crippen LogP contribution in [0.3, 0.4) is 0 Å². The van der Waals surface area contributed by atoms with E-state index < -0.39 is 0 Å². The highest BCUT2D eigenvalue weighted by Gasteiger charge is 2.29. The number of carbonyl (C=O) groups is 2. The summed E-state index contributed by atoms with van der Waals surface area (Å²) in [6.07, 6.45) is 8.17. The second-order valence-corrected chi connectivity index (χ2v) is 6.80. The monoisotopic (exact) mass is 309 g/mol. The molecule has 1 saturated heterocycles. The van der Waals surface area contributed by atoms with E-state index in [1.54, 1.807) is 7.05 Å². The maximum absolute atomic E-state index is 12.4. The normalized spacial score (nSPS) is 29.0. The number of nitrogens with zero attached hydrogens (tertiary/aromatic N) is 1. The lowest BCUT2D eigenvalue weighted by molar-refractivity contribution is -0.125. The van der Waals surface area contributed by atoms with Crippen molar-refractivity contribution >= 4 is 11.9 Å². The molecule has 0 bridgehead atoms. The van der Waals surface area contributed by atoms with Crippen molar-refractivity contribution in [3.05, 3.63) is 0 Å². The number of piperidine rings is 1. The molecule has 0 radical (unpaired) electrons. The van der Waals surface area contributed by atoms with Crippen LogP contribution < -0.4 is 10.6 Å². The Morgan fingerprint density at radius 1 is 1.09 bits per heavy atom. The SMILES string of the molecule is CCC1CCCCC1CNC(=O)N1CCCC(C(=O)NC)C1. The molecule has 2 N–H and O–H groups in total. The highest BCUT2D eigenvalue weighted by molar-refractivity contribution is 5.80. The number of carbonyl (C=O) groups excluding carboxylic acids is 2. The van der Waals surface area contributed by atoms with Gasteiger partial charge in [0.25, 0.3) is 0 Å². The molecule has 5 heteroatoms. The Hall–Kier alpha value is -1.26. The van der Waals surface area contributed by atoms with Crippen LogP contribution in [0.15, 0.2) is 0 Å². The first-order chi connectivity index (χ1) is 10.7. The molecule has 2 rings (SSSR count). The Morgan fingerprint density at radius 2 is 1.82 bits per heavy atom. The Morgan fingerprint density at radius 3 is 2.50 bits per heavy atom. The molecule has 5 nitrogen and oxygen atoms in total. The highest BCUT2D eigenvalue weighted by Crippen LogP contribution is 2.31. The number of hydrogen-bond acceptors (Lipinski definition) is 2. The van der Waals surface area contributed by atoms with Crippen molar-refractivity contribution in [2.75, 3.05) is 26.7 Å². The minimum atomic E-state index is -0.0532. The van der Waals surface area contributed by atoms with Crippen molar-refractivity contribution in [3.63, 3.8) is 0 Å². The second kappa shape index (κ2) is 8.39. The van der Waals surface area contributed by atoms with Gasteiger partial charge in [0.2, 0.25) is 5.91 Å². The van der Waals surface area contributed by atoms with Gasteiger partial charge < -0.3 is 15.5 Å². The van der Waals surface area contributed by atoms with Gasteiger partial charge in [-0.2, -0.15) is 0 Å². The fourth-order valence-electron chi connectivity index (χ4n) is 4.00. The number of nitrogens with one attached hydrogen (secondary N) is 2. The fraction of sp³-hybridized carbons (Fsp3) is 0.882. The zero-order valence-corrected chi connectivity index (χ0v) is 14.1. The lowest BCUT2D eigenvalue weighted by Crippen LogP contribution is -2.49. The summed E-state index contributed by atoms with van der Waals surface area (Å²) in [6.45, 7) is 4.36. The summed E-state index contributed by atoms with van der Waals surface area (Å²) in [5.41, 5.74) is 0. The van der Waals surface area contributed by atoms with E-state index in [4.69, 9.17) is 0 Å². The van der Waals surface area contributed by atoms with Gasteiger partial charge in [-0.1, -0.05) is 32.6 Å². The van der Waals surface area contributed by atoms with Crippen LogP contribution >= 0.6 is 0 Å². The van der Waals surface area contributed by atoms with Crippen LogP contribution in [0.4, 0.5) is 4.79 Å². The molecule has 0 aromatic heterocycles. The molecule has 126 valence electrons. The van der Waals surface area contributed by atoms with Crippen molar-refractivity contribution in [2.45, 2.75) is 51.9 Å². The van der Waals surface area contributed by atoms with E-state index in [2.05, 4.69) is 17.6 Å². The number of rotatable bonds is 4. The van der Waals surface area contributed by atoms with Gasteiger partial charge in [-0.3, -0.25) is 4.79 Å². The number of hydrogen-bond donors (Lipinski definition) is 2. The van der Waals surface area contributed by atoms with E-state index >= 15 is 0 Å². The molecule has 1 heterocycles. The molecular formula is C17H31N3O2. The van der Waals surface area contributed by atoms with Crippen LogP contribution in [-0.4, -0.2) is 43.5 Å². The Bertz CT molecular complexity index is 386. The van der Waals surface area contributed by atoms with Crippen LogP contribution in [0.25, 0.3) is 0 Å². The third kappa shape index (κ3) is 4.37. The first kappa shape index (κ1) is 17.1. The Balaban J connectivity index is 1.80. The molecule has 3 atom stereocenters. The van der Waals surface area contributed by atoms with Gasteiger partial charge in [0.1, 0.15) is 0 Å². The molecule has 2 aliphatic rings. The zero-order chi connectivity index (χ0) is 15.9. The van der Waals surface area contributed by atoms with Crippen molar-refractivity contribution in [3.8, 4) is 0 Å². The predicted octanol–water partition coefficient (Wildman–Crippen LogP) is 2.37. The molecule has 0 aromatic rings. The topological polar surface area (TPSA) is 61.4 Å². The number of urea groups is 1. The van der Waals surface area contributed by atoms with E-state index in [0.717, 1.165) is 31.8 Å². The smallest absolute Gasteiger partial charge is 0.317 e. The predicted molar refractivity (Wildman–Crippen MR) is 87.5 cm³/mol. The fourth-order valence-corrected chi connectivity index (χ4v) is 4.00. The van der Waals surface area contributed by atoms with Crippen LogP contribution in [0.1, 0.15) is 51.9 Å². The molecule has 1 saturated carbocycles. The van der Waals surface area contributed by atoms with E-state index in [1.807, 2.05) is 4.90 Å². The third-order valence-corrected chi connectivity index (χ3v) is 5.43. The molecule has 3 amide bonds. The molecule has 0 aromatic carbocycles. The second-order valence-electron chi connectivity index (χ2n) is 6.80. The molecule has 1 aliphatic carbocycles. The average molecular weight is 309 g/mol. The van der Waals surface area contributed by atoms with Gasteiger partial charge in [0, 0.05) is 26.7 Å². The summed E-state index contributed by atoms with van der Waals surface area (Å²) in [5, 5.41) is 5.81. The quantitative estimate of drug-likeness (QED) is 0.837. The minimum Gasteiger partial charge on any atom is -0.359 e. The van der Waals surface area contributed by atoms with E-state index in [9.17, 15) is 9.59 Å². The van der Waals surface area contributed by atoms with Gasteiger partial charge >= 0.3 is 6.03 Å². The maximum Gasteiger partial charge on any atom is 0.317 e. The number of amides is 3. The van der Waals surface area contributed by atoms with Crippen LogP contribution in [-0.2, 0) is 4.79 Å². The van der Waals surface area contributed by atoms with Gasteiger partial charge in [0.05, 0.1) is 5.92 Å². The summed E-state index contributed by atoms with van der Waals surface area (Å²) in [5.74, 6) is 1.38. The van der Waals surface area contributed by atoms with Gasteiger partial charge in [0.15, 0.2) is 0 Å². The minimum absolute atomic E-state index is 0.00836. The highest BCUT2D eigenvalue weighted by atomic mass is 16.2. The van der Waals surface area contributed by atoms with Crippen LogP contribution in [0, 0.1) is 17.8 Å². The van der Waals surface area contributed by atoms with E-state index in [-0.39, 0.29) is 17.9 Å². The molecule has 1 aliphatic heterocycles. The van der Waals surface area contributed by atoms with Crippen LogP contribution in [0.5, 0.6) is 0 Å². The zero-order valence-electron chi connectivity index (χ0n) is 14.1. The molecular weight excluding hydrogens is 278 g/mol. The van der Waals surface area contributed by atoms with Crippen molar-refractivity contribution < 1.29 is 9.59 Å². The molecule has 3 unspecified atom stereocenters. The summed E-state index contributed by atoms with van der Waals surface area (Å²) in [7, 11) is 1.66. The lowest BCUT2D eigenvalue weighted by Gasteiger charge is -2.34. The van der Waals surface area contributed by atoms with Gasteiger partial charge in [-0.25, -0.2) is 4.79 Å². The lowest BCUT2D eigenvalue weighted by atomic mass is 9.78. The van der Waals surface area contributed by atoms with Gasteiger partial charge in [-0.15, -0.1) is 0 Å². The van der Waals surface area contributed by atoms with E-state index in [0.29, 0.717) is 12.5 Å². The summed E-state index contributed by atoms with van der Waals surface area (Å²) in [6, 6.07) is 0.00836. The Labute approximate surface area is 134 Å². The van der Waals surface area contributed by atoms with Crippen LogP contribution in [0.2, 0.25) is 0 Å².